The van der Waals surface area contributed by atoms with Crippen LogP contribution in [0.25, 0.3) is 0 Å². The predicted octanol–water partition coefficient (Wildman–Crippen LogP) is 2.38. The molecule has 2 heterocycles. The van der Waals surface area contributed by atoms with E-state index in [0.717, 1.165) is 30.6 Å². The van der Waals surface area contributed by atoms with E-state index in [1.54, 1.807) is 6.20 Å². The maximum Gasteiger partial charge on any atom is 0.226 e. The lowest BCUT2D eigenvalue weighted by molar-refractivity contribution is -0.119. The SMILES string of the molecule is Nc1ncccc1CN1CCOCC1CC(=O)Nc1ccc2c(c1)CCC2. The molecule has 1 aromatic carbocycles. The zero-order valence-corrected chi connectivity index (χ0v) is 15.5. The topological polar surface area (TPSA) is 80.5 Å². The Kier molecular flexibility index (Phi) is 5.36. The first-order valence-electron chi connectivity index (χ1n) is 9.62. The van der Waals surface area contributed by atoms with Gasteiger partial charge in [0.25, 0.3) is 0 Å². The zero-order chi connectivity index (χ0) is 18.6. The Morgan fingerprint density at radius 2 is 2.19 bits per heavy atom. The second-order valence-corrected chi connectivity index (χ2v) is 7.34. The van der Waals surface area contributed by atoms with Crippen molar-refractivity contribution in [2.45, 2.75) is 38.3 Å². The lowest BCUT2D eigenvalue weighted by Gasteiger charge is -2.35. The second-order valence-electron chi connectivity index (χ2n) is 7.34. The molecule has 0 bridgehead atoms. The molecule has 6 heteroatoms. The molecular formula is C21H26N4O2. The van der Waals surface area contributed by atoms with Crippen molar-refractivity contribution in [1.29, 1.82) is 0 Å². The van der Waals surface area contributed by atoms with Crippen molar-refractivity contribution >= 4 is 17.4 Å². The van der Waals surface area contributed by atoms with E-state index in [4.69, 9.17) is 10.5 Å². The number of benzene rings is 1. The van der Waals surface area contributed by atoms with Gasteiger partial charge in [-0.2, -0.15) is 0 Å². The van der Waals surface area contributed by atoms with Crippen molar-refractivity contribution in [2.75, 3.05) is 30.8 Å². The normalized spacial score (nSPS) is 19.6. The highest BCUT2D eigenvalue weighted by molar-refractivity contribution is 5.91. The molecule has 1 aromatic heterocycles. The van der Waals surface area contributed by atoms with Gasteiger partial charge >= 0.3 is 0 Å². The fourth-order valence-electron chi connectivity index (χ4n) is 3.96. The number of nitrogens with two attached hydrogens (primary N) is 1. The number of amides is 1. The third kappa shape index (κ3) is 4.28. The standard InChI is InChI=1S/C21H26N4O2/c22-21-17(5-2-8-23-21)13-25-9-10-27-14-19(25)12-20(26)24-18-7-6-15-3-1-4-16(15)11-18/h2,5-8,11,19H,1,3-4,9-10,12-14H2,(H2,22,23)(H,24,26). The fourth-order valence-corrected chi connectivity index (χ4v) is 3.96. The summed E-state index contributed by atoms with van der Waals surface area (Å²) in [7, 11) is 0. The lowest BCUT2D eigenvalue weighted by Crippen LogP contribution is -2.46. The van der Waals surface area contributed by atoms with Crippen molar-refractivity contribution in [3.63, 3.8) is 0 Å². The Balaban J connectivity index is 1.39. The Labute approximate surface area is 159 Å². The summed E-state index contributed by atoms with van der Waals surface area (Å²) in [5.74, 6) is 0.568. The Morgan fingerprint density at radius 3 is 3.07 bits per heavy atom. The van der Waals surface area contributed by atoms with Crippen LogP contribution < -0.4 is 11.1 Å². The van der Waals surface area contributed by atoms with Gasteiger partial charge in [-0.1, -0.05) is 12.1 Å². The molecule has 2 aliphatic rings. The van der Waals surface area contributed by atoms with Crippen molar-refractivity contribution in [2.24, 2.45) is 0 Å². The van der Waals surface area contributed by atoms with Crippen LogP contribution in [0.2, 0.25) is 0 Å². The molecule has 1 unspecified atom stereocenters. The zero-order valence-electron chi connectivity index (χ0n) is 15.5. The molecule has 1 amide bonds. The summed E-state index contributed by atoms with van der Waals surface area (Å²) < 4.78 is 5.62. The Morgan fingerprint density at radius 1 is 1.30 bits per heavy atom. The first kappa shape index (κ1) is 17.9. The lowest BCUT2D eigenvalue weighted by atomic mass is 10.1. The minimum absolute atomic E-state index is 0.0209. The maximum atomic E-state index is 12.6. The predicted molar refractivity (Wildman–Crippen MR) is 105 cm³/mol. The second kappa shape index (κ2) is 8.06. The summed E-state index contributed by atoms with van der Waals surface area (Å²) in [5, 5.41) is 3.06. The summed E-state index contributed by atoms with van der Waals surface area (Å²) in [5.41, 5.74) is 10.6. The van der Waals surface area contributed by atoms with Crippen molar-refractivity contribution in [3.8, 4) is 0 Å². The van der Waals surface area contributed by atoms with Crippen LogP contribution in [0.4, 0.5) is 11.5 Å². The largest absolute Gasteiger partial charge is 0.383 e. The van der Waals surface area contributed by atoms with E-state index in [2.05, 4.69) is 27.3 Å². The first-order valence-corrected chi connectivity index (χ1v) is 9.62. The van der Waals surface area contributed by atoms with Gasteiger partial charge in [0, 0.05) is 43.0 Å². The fraction of sp³-hybridized carbons (Fsp3) is 0.429. The molecule has 27 heavy (non-hydrogen) atoms. The van der Waals surface area contributed by atoms with Gasteiger partial charge in [-0.25, -0.2) is 4.98 Å². The number of anilines is 2. The summed E-state index contributed by atoms with van der Waals surface area (Å²) in [6, 6.07) is 10.2. The Hall–Kier alpha value is -2.44. The number of hydrogen-bond donors (Lipinski definition) is 2. The van der Waals surface area contributed by atoms with E-state index < -0.39 is 0 Å². The third-order valence-corrected chi connectivity index (χ3v) is 5.45. The van der Waals surface area contributed by atoms with Crippen LogP contribution in [-0.2, 0) is 28.9 Å². The number of carbonyl (C=O) groups is 1. The van der Waals surface area contributed by atoms with E-state index in [-0.39, 0.29) is 11.9 Å². The van der Waals surface area contributed by atoms with E-state index in [9.17, 15) is 4.79 Å². The molecular weight excluding hydrogens is 340 g/mol. The van der Waals surface area contributed by atoms with Crippen LogP contribution >= 0.6 is 0 Å². The quantitative estimate of drug-likeness (QED) is 0.849. The smallest absolute Gasteiger partial charge is 0.226 e. The highest BCUT2D eigenvalue weighted by atomic mass is 16.5. The van der Waals surface area contributed by atoms with Crippen LogP contribution in [0.15, 0.2) is 36.5 Å². The average molecular weight is 366 g/mol. The molecule has 1 saturated heterocycles. The van der Waals surface area contributed by atoms with Crippen LogP contribution in [0.3, 0.4) is 0 Å². The third-order valence-electron chi connectivity index (χ3n) is 5.45. The van der Waals surface area contributed by atoms with Crippen LogP contribution in [-0.4, -0.2) is 41.6 Å². The average Bonchev–Trinajstić information content (AvgIpc) is 3.13. The number of nitrogens with one attached hydrogen (secondary N) is 1. The van der Waals surface area contributed by atoms with Crippen LogP contribution in [0.1, 0.15) is 29.5 Å². The highest BCUT2D eigenvalue weighted by Gasteiger charge is 2.26. The molecule has 1 aliphatic carbocycles. The first-order chi connectivity index (χ1) is 13.2. The van der Waals surface area contributed by atoms with Gasteiger partial charge in [-0.05, 0) is 48.6 Å². The molecule has 1 fully saturated rings. The molecule has 0 saturated carbocycles. The number of aryl methyl sites for hydroxylation is 2. The number of rotatable bonds is 5. The molecule has 142 valence electrons. The summed E-state index contributed by atoms with van der Waals surface area (Å²) in [6.45, 7) is 2.69. The van der Waals surface area contributed by atoms with Crippen LogP contribution in [0, 0.1) is 0 Å². The van der Waals surface area contributed by atoms with Crippen LogP contribution in [0.5, 0.6) is 0 Å². The summed E-state index contributed by atoms with van der Waals surface area (Å²) >= 11 is 0. The molecule has 0 spiro atoms. The molecule has 1 atom stereocenters. The van der Waals surface area contributed by atoms with E-state index in [0.29, 0.717) is 32.0 Å². The van der Waals surface area contributed by atoms with Gasteiger partial charge in [-0.15, -0.1) is 0 Å². The van der Waals surface area contributed by atoms with Gasteiger partial charge in [0.1, 0.15) is 5.82 Å². The number of pyridine rings is 1. The molecule has 6 nitrogen and oxygen atoms in total. The number of nitrogens with zero attached hydrogens (tertiary/aromatic N) is 2. The number of carbonyl (C=O) groups excluding carboxylic acids is 1. The minimum atomic E-state index is 0.0209. The molecule has 3 N–H and O–H groups in total. The van der Waals surface area contributed by atoms with Gasteiger partial charge in [0.05, 0.1) is 13.2 Å². The molecule has 0 radical (unpaired) electrons. The van der Waals surface area contributed by atoms with Gasteiger partial charge < -0.3 is 15.8 Å². The summed E-state index contributed by atoms with van der Waals surface area (Å²) in [6.07, 6.45) is 5.56. The van der Waals surface area contributed by atoms with Gasteiger partial charge in [-0.3, -0.25) is 9.69 Å². The number of fused-ring (bicyclic) bond motifs is 1. The number of ether oxygens (including phenoxy) is 1. The maximum absolute atomic E-state index is 12.6. The molecule has 4 rings (SSSR count). The minimum Gasteiger partial charge on any atom is -0.383 e. The number of aromatic nitrogens is 1. The highest BCUT2D eigenvalue weighted by Crippen LogP contribution is 2.25. The molecule has 2 aromatic rings. The van der Waals surface area contributed by atoms with E-state index >= 15 is 0 Å². The monoisotopic (exact) mass is 366 g/mol. The van der Waals surface area contributed by atoms with E-state index in [1.165, 1.54) is 17.5 Å². The van der Waals surface area contributed by atoms with Crippen molar-refractivity contribution < 1.29 is 9.53 Å². The van der Waals surface area contributed by atoms with E-state index in [1.807, 2.05) is 18.2 Å². The number of morpholine rings is 1. The van der Waals surface area contributed by atoms with Crippen molar-refractivity contribution in [3.05, 3.63) is 53.2 Å². The number of nitrogen functional groups attached to an aromatic ring is 1. The summed E-state index contributed by atoms with van der Waals surface area (Å²) in [4.78, 5) is 19.0. The van der Waals surface area contributed by atoms with Gasteiger partial charge in [0.15, 0.2) is 0 Å². The number of hydrogen-bond acceptors (Lipinski definition) is 5. The van der Waals surface area contributed by atoms with Crippen molar-refractivity contribution in [1.82, 2.24) is 9.88 Å². The van der Waals surface area contributed by atoms with Gasteiger partial charge in [0.2, 0.25) is 5.91 Å². The molecule has 1 aliphatic heterocycles. The Bertz CT molecular complexity index is 824.